The third kappa shape index (κ3) is 4.22. The number of rotatable bonds is 7. The van der Waals surface area contributed by atoms with Gasteiger partial charge in [0.1, 0.15) is 5.75 Å². The highest BCUT2D eigenvalue weighted by Gasteiger charge is 2.08. The molecule has 0 saturated carbocycles. The van der Waals surface area contributed by atoms with E-state index >= 15 is 0 Å². The molecule has 0 radical (unpaired) electrons. The van der Waals surface area contributed by atoms with Crippen molar-refractivity contribution in [2.75, 3.05) is 6.61 Å². The zero-order valence-corrected chi connectivity index (χ0v) is 16.1. The predicted molar refractivity (Wildman–Crippen MR) is 107 cm³/mol. The number of aryl methyl sites for hydroxylation is 1. The predicted octanol–water partition coefficient (Wildman–Crippen LogP) is 5.03. The number of carbonyl (C=O) groups is 1. The molecule has 0 saturated heterocycles. The molecule has 0 unspecified atom stereocenters. The van der Waals surface area contributed by atoms with Gasteiger partial charge in [0, 0.05) is 12.1 Å². The summed E-state index contributed by atoms with van der Waals surface area (Å²) in [5, 5.41) is 0. The summed E-state index contributed by atoms with van der Waals surface area (Å²) in [5.74, 6) is 0.569. The number of ether oxygens (including phenoxy) is 1. The Labute approximate surface area is 157 Å². The first-order chi connectivity index (χ1) is 12.7. The van der Waals surface area contributed by atoms with Crippen LogP contribution < -0.4 is 9.54 Å². The van der Waals surface area contributed by atoms with Crippen molar-refractivity contribution in [1.29, 1.82) is 0 Å². The Hall–Kier alpha value is -2.40. The summed E-state index contributed by atoms with van der Waals surface area (Å²) < 4.78 is 8.90. The van der Waals surface area contributed by atoms with Crippen LogP contribution in [-0.4, -0.2) is 17.1 Å². The quantitative estimate of drug-likeness (QED) is 0.549. The van der Waals surface area contributed by atoms with E-state index in [0.29, 0.717) is 12.2 Å². The fraction of sp³-hybridized carbons (Fsp3) is 0.333. The smallest absolute Gasteiger partial charge is 0.279 e. The van der Waals surface area contributed by atoms with Crippen LogP contribution in [0.15, 0.2) is 53.5 Å². The van der Waals surface area contributed by atoms with Gasteiger partial charge in [0.25, 0.3) is 5.91 Å². The SMILES string of the molecule is CCCCCOc1ccc(C(=O)N=c2sc3ccccc3n2CC)cc1. The molecule has 0 aliphatic carbocycles. The molecule has 0 N–H and O–H groups in total. The van der Waals surface area contributed by atoms with Gasteiger partial charge in [-0.2, -0.15) is 4.99 Å². The number of amides is 1. The van der Waals surface area contributed by atoms with Gasteiger partial charge in [-0.05, 0) is 49.7 Å². The van der Waals surface area contributed by atoms with Crippen LogP contribution in [0.5, 0.6) is 5.75 Å². The van der Waals surface area contributed by atoms with E-state index in [0.717, 1.165) is 33.7 Å². The van der Waals surface area contributed by atoms with E-state index in [1.54, 1.807) is 23.5 Å². The zero-order chi connectivity index (χ0) is 18.4. The minimum atomic E-state index is -0.226. The van der Waals surface area contributed by atoms with Gasteiger partial charge >= 0.3 is 0 Å². The summed E-state index contributed by atoms with van der Waals surface area (Å²) in [6.45, 7) is 5.72. The normalized spacial score (nSPS) is 11.8. The highest BCUT2D eigenvalue weighted by Crippen LogP contribution is 2.17. The Morgan fingerprint density at radius 1 is 1.08 bits per heavy atom. The Kier molecular flexibility index (Phi) is 6.23. The summed E-state index contributed by atoms with van der Waals surface area (Å²) in [5.41, 5.74) is 1.69. The van der Waals surface area contributed by atoms with Crippen LogP contribution in [0.2, 0.25) is 0 Å². The second kappa shape index (κ2) is 8.81. The minimum absolute atomic E-state index is 0.226. The molecule has 1 aromatic heterocycles. The lowest BCUT2D eigenvalue weighted by molar-refractivity contribution is 0.0998. The first-order valence-electron chi connectivity index (χ1n) is 9.13. The average Bonchev–Trinajstić information content (AvgIpc) is 3.02. The largest absolute Gasteiger partial charge is 0.494 e. The van der Waals surface area contributed by atoms with E-state index in [-0.39, 0.29) is 5.91 Å². The van der Waals surface area contributed by atoms with Crippen LogP contribution in [0.3, 0.4) is 0 Å². The molecule has 0 aliphatic rings. The van der Waals surface area contributed by atoms with Crippen molar-refractivity contribution in [3.8, 4) is 5.75 Å². The number of nitrogens with zero attached hydrogens (tertiary/aromatic N) is 2. The van der Waals surface area contributed by atoms with Crippen molar-refractivity contribution < 1.29 is 9.53 Å². The molecule has 3 aromatic rings. The van der Waals surface area contributed by atoms with Gasteiger partial charge in [-0.1, -0.05) is 43.2 Å². The first-order valence-corrected chi connectivity index (χ1v) is 9.95. The molecule has 1 amide bonds. The molecule has 3 rings (SSSR count). The number of unbranched alkanes of at least 4 members (excludes halogenated alkanes) is 2. The number of para-hydroxylation sites is 1. The van der Waals surface area contributed by atoms with E-state index in [4.69, 9.17) is 4.74 Å². The van der Waals surface area contributed by atoms with Crippen LogP contribution in [0.25, 0.3) is 10.2 Å². The van der Waals surface area contributed by atoms with Crippen molar-refractivity contribution in [3.05, 3.63) is 58.9 Å². The molecule has 26 heavy (non-hydrogen) atoms. The maximum atomic E-state index is 12.6. The fourth-order valence-corrected chi connectivity index (χ4v) is 3.89. The van der Waals surface area contributed by atoms with Crippen molar-refractivity contribution in [1.82, 2.24) is 4.57 Å². The standard InChI is InChI=1S/C21H24N2O2S/c1-3-5-8-15-25-17-13-11-16(12-14-17)20(24)22-21-23(4-2)18-9-6-7-10-19(18)26-21/h6-7,9-14H,3-5,8,15H2,1-2H3. The lowest BCUT2D eigenvalue weighted by atomic mass is 10.2. The number of carbonyl (C=O) groups excluding carboxylic acids is 1. The van der Waals surface area contributed by atoms with Crippen molar-refractivity contribution >= 4 is 27.5 Å². The van der Waals surface area contributed by atoms with Gasteiger partial charge in [-0.3, -0.25) is 4.79 Å². The van der Waals surface area contributed by atoms with Crippen molar-refractivity contribution in [2.24, 2.45) is 4.99 Å². The number of hydrogen-bond acceptors (Lipinski definition) is 3. The van der Waals surface area contributed by atoms with E-state index in [1.165, 1.54) is 12.8 Å². The molecule has 136 valence electrons. The number of aromatic nitrogens is 1. The number of thiazole rings is 1. The molecule has 0 aliphatic heterocycles. The lowest BCUT2D eigenvalue weighted by Crippen LogP contribution is -2.15. The van der Waals surface area contributed by atoms with Crippen molar-refractivity contribution in [3.63, 3.8) is 0 Å². The Morgan fingerprint density at radius 2 is 1.85 bits per heavy atom. The molecule has 5 heteroatoms. The van der Waals surface area contributed by atoms with E-state index < -0.39 is 0 Å². The van der Waals surface area contributed by atoms with Crippen LogP contribution in [0.1, 0.15) is 43.5 Å². The van der Waals surface area contributed by atoms with Gasteiger partial charge in [0.2, 0.25) is 0 Å². The van der Waals surface area contributed by atoms with Gasteiger partial charge in [0.15, 0.2) is 4.80 Å². The first kappa shape index (κ1) is 18.4. The van der Waals surface area contributed by atoms with Gasteiger partial charge in [-0.15, -0.1) is 0 Å². The third-order valence-corrected chi connectivity index (χ3v) is 5.28. The average molecular weight is 369 g/mol. The Bertz CT molecular complexity index is 939. The topological polar surface area (TPSA) is 43.6 Å². The molecule has 2 aromatic carbocycles. The molecular weight excluding hydrogens is 344 g/mol. The second-order valence-corrected chi connectivity index (χ2v) is 7.10. The molecule has 4 nitrogen and oxygen atoms in total. The molecule has 0 spiro atoms. The maximum Gasteiger partial charge on any atom is 0.279 e. The molecule has 0 fully saturated rings. The monoisotopic (exact) mass is 368 g/mol. The minimum Gasteiger partial charge on any atom is -0.494 e. The number of hydrogen-bond donors (Lipinski definition) is 0. The second-order valence-electron chi connectivity index (χ2n) is 6.09. The Balaban J connectivity index is 1.78. The lowest BCUT2D eigenvalue weighted by Gasteiger charge is -2.05. The molecule has 1 heterocycles. The van der Waals surface area contributed by atoms with Crippen LogP contribution in [0.4, 0.5) is 0 Å². The van der Waals surface area contributed by atoms with Crippen LogP contribution in [-0.2, 0) is 6.54 Å². The number of fused-ring (bicyclic) bond motifs is 1. The van der Waals surface area contributed by atoms with Crippen LogP contribution in [0, 0.1) is 0 Å². The number of benzene rings is 2. The van der Waals surface area contributed by atoms with Crippen molar-refractivity contribution in [2.45, 2.75) is 39.7 Å². The Morgan fingerprint density at radius 3 is 2.58 bits per heavy atom. The summed E-state index contributed by atoms with van der Waals surface area (Å²) >= 11 is 1.54. The molecule has 0 atom stereocenters. The summed E-state index contributed by atoms with van der Waals surface area (Å²) in [4.78, 5) is 17.6. The highest BCUT2D eigenvalue weighted by atomic mass is 32.1. The van der Waals surface area contributed by atoms with E-state index in [2.05, 4.69) is 35.5 Å². The van der Waals surface area contributed by atoms with Gasteiger partial charge in [-0.25, -0.2) is 0 Å². The molecular formula is C21H24N2O2S. The zero-order valence-electron chi connectivity index (χ0n) is 15.3. The van der Waals surface area contributed by atoms with Gasteiger partial charge < -0.3 is 9.30 Å². The van der Waals surface area contributed by atoms with E-state index in [9.17, 15) is 4.79 Å². The molecule has 0 bridgehead atoms. The van der Waals surface area contributed by atoms with Gasteiger partial charge in [0.05, 0.1) is 16.8 Å². The van der Waals surface area contributed by atoms with E-state index in [1.807, 2.05) is 24.3 Å². The highest BCUT2D eigenvalue weighted by molar-refractivity contribution is 7.16. The summed E-state index contributed by atoms with van der Waals surface area (Å²) in [6, 6.07) is 15.4. The fourth-order valence-electron chi connectivity index (χ4n) is 2.80. The van der Waals surface area contributed by atoms with Crippen LogP contribution >= 0.6 is 11.3 Å². The summed E-state index contributed by atoms with van der Waals surface area (Å²) in [6.07, 6.45) is 3.39. The third-order valence-electron chi connectivity index (χ3n) is 4.22. The maximum absolute atomic E-state index is 12.6. The summed E-state index contributed by atoms with van der Waals surface area (Å²) in [7, 11) is 0.